The first-order chi connectivity index (χ1) is 5.57. The Morgan fingerprint density at radius 1 is 1.25 bits per heavy atom. The lowest BCUT2D eigenvalue weighted by molar-refractivity contribution is -0.140. The molecule has 4 N–H and O–H groups in total. The Labute approximate surface area is 68.0 Å². The van der Waals surface area contributed by atoms with Gasteiger partial charge in [-0.25, -0.2) is 4.39 Å². The summed E-state index contributed by atoms with van der Waals surface area (Å²) in [6, 6.07) is 0. The molecule has 1 aliphatic heterocycles. The summed E-state index contributed by atoms with van der Waals surface area (Å²) in [6.45, 7) is -0.818. The molecule has 5 atom stereocenters. The standard InChI is InChI=1S/C6H11FO5/c7-2(1-8)5-3(9)4(10)6(11)12-5/h2-6,8-11H,1H2/t2-,3-,4-,5-,6?/m1/s1. The molecule has 0 aromatic carbocycles. The third-order valence-electron chi connectivity index (χ3n) is 1.81. The van der Waals surface area contributed by atoms with E-state index in [1.165, 1.54) is 0 Å². The van der Waals surface area contributed by atoms with E-state index in [0.29, 0.717) is 0 Å². The summed E-state index contributed by atoms with van der Waals surface area (Å²) >= 11 is 0. The Kier molecular flexibility index (Phi) is 2.97. The zero-order chi connectivity index (χ0) is 9.30. The van der Waals surface area contributed by atoms with E-state index >= 15 is 0 Å². The maximum Gasteiger partial charge on any atom is 0.184 e. The normalized spacial score (nSPS) is 44.8. The highest BCUT2D eigenvalue weighted by molar-refractivity contribution is 4.89. The van der Waals surface area contributed by atoms with Crippen molar-refractivity contribution < 1.29 is 29.6 Å². The quantitative estimate of drug-likeness (QED) is 0.387. The third kappa shape index (κ3) is 1.57. The lowest BCUT2D eigenvalue weighted by Crippen LogP contribution is -2.38. The topological polar surface area (TPSA) is 90.2 Å². The molecular weight excluding hydrogens is 171 g/mol. The second kappa shape index (κ2) is 3.63. The maximum atomic E-state index is 12.7. The summed E-state index contributed by atoms with van der Waals surface area (Å²) in [6.07, 6.45) is -7.76. The second-order valence-electron chi connectivity index (χ2n) is 2.67. The first-order valence-corrected chi connectivity index (χ1v) is 3.52. The van der Waals surface area contributed by atoms with Gasteiger partial charge in [-0.05, 0) is 0 Å². The van der Waals surface area contributed by atoms with Gasteiger partial charge in [-0.2, -0.15) is 0 Å². The van der Waals surface area contributed by atoms with Crippen LogP contribution in [0.4, 0.5) is 4.39 Å². The van der Waals surface area contributed by atoms with Gasteiger partial charge in [0.15, 0.2) is 12.5 Å². The van der Waals surface area contributed by atoms with Gasteiger partial charge >= 0.3 is 0 Å². The number of ether oxygens (including phenoxy) is 1. The van der Waals surface area contributed by atoms with E-state index in [2.05, 4.69) is 4.74 Å². The molecule has 5 nitrogen and oxygen atoms in total. The van der Waals surface area contributed by atoms with Crippen molar-refractivity contribution in [3.05, 3.63) is 0 Å². The van der Waals surface area contributed by atoms with Crippen LogP contribution in [-0.4, -0.2) is 57.8 Å². The third-order valence-corrected chi connectivity index (χ3v) is 1.81. The Bertz CT molecular complexity index is 155. The van der Waals surface area contributed by atoms with Gasteiger partial charge in [0.05, 0.1) is 6.61 Å². The van der Waals surface area contributed by atoms with E-state index in [-0.39, 0.29) is 0 Å². The molecular formula is C6H11FO5. The molecule has 1 fully saturated rings. The first-order valence-electron chi connectivity index (χ1n) is 3.52. The van der Waals surface area contributed by atoms with Gasteiger partial charge in [-0.15, -0.1) is 0 Å². The highest BCUT2D eigenvalue weighted by atomic mass is 19.1. The summed E-state index contributed by atoms with van der Waals surface area (Å²) in [5, 5.41) is 35.1. The van der Waals surface area contributed by atoms with E-state index in [9.17, 15) is 4.39 Å². The van der Waals surface area contributed by atoms with Crippen LogP contribution in [0.15, 0.2) is 0 Å². The Balaban J connectivity index is 2.58. The average molecular weight is 182 g/mol. The summed E-state index contributed by atoms with van der Waals surface area (Å²) < 4.78 is 17.1. The van der Waals surface area contributed by atoms with Crippen molar-refractivity contribution in [3.63, 3.8) is 0 Å². The molecule has 6 heteroatoms. The molecule has 0 saturated carbocycles. The highest BCUT2D eigenvalue weighted by Gasteiger charge is 2.45. The summed E-state index contributed by atoms with van der Waals surface area (Å²) in [7, 11) is 0. The van der Waals surface area contributed by atoms with Gasteiger partial charge in [-0.3, -0.25) is 0 Å². The van der Waals surface area contributed by atoms with Crippen molar-refractivity contribution in [2.24, 2.45) is 0 Å². The number of hydrogen-bond acceptors (Lipinski definition) is 5. The molecule has 0 aromatic rings. The molecule has 72 valence electrons. The Morgan fingerprint density at radius 3 is 2.17 bits per heavy atom. The van der Waals surface area contributed by atoms with Crippen molar-refractivity contribution in [2.45, 2.75) is 30.8 Å². The van der Waals surface area contributed by atoms with E-state index in [1.807, 2.05) is 0 Å². The van der Waals surface area contributed by atoms with E-state index in [0.717, 1.165) is 0 Å². The lowest BCUT2D eigenvalue weighted by atomic mass is 10.1. The van der Waals surface area contributed by atoms with Crippen LogP contribution >= 0.6 is 0 Å². The monoisotopic (exact) mass is 182 g/mol. The maximum absolute atomic E-state index is 12.7. The second-order valence-corrected chi connectivity index (χ2v) is 2.67. The molecule has 1 aliphatic rings. The molecule has 1 heterocycles. The van der Waals surface area contributed by atoms with Crippen LogP contribution in [0.5, 0.6) is 0 Å². The minimum absolute atomic E-state index is 0.818. The van der Waals surface area contributed by atoms with Crippen molar-refractivity contribution in [2.75, 3.05) is 6.61 Å². The van der Waals surface area contributed by atoms with Crippen molar-refractivity contribution in [1.82, 2.24) is 0 Å². The minimum Gasteiger partial charge on any atom is -0.393 e. The molecule has 0 aromatic heterocycles. The number of aliphatic hydroxyl groups is 4. The predicted molar refractivity (Wildman–Crippen MR) is 34.9 cm³/mol. The fourth-order valence-corrected chi connectivity index (χ4v) is 1.09. The number of halogens is 1. The average Bonchev–Trinajstić information content (AvgIpc) is 2.32. The van der Waals surface area contributed by atoms with Crippen LogP contribution in [0, 0.1) is 0 Å². The predicted octanol–water partition coefficient (Wildman–Crippen LogP) is -2.24. The molecule has 0 radical (unpaired) electrons. The van der Waals surface area contributed by atoms with Crippen LogP contribution in [0.25, 0.3) is 0 Å². The first kappa shape index (κ1) is 9.82. The van der Waals surface area contributed by atoms with Crippen LogP contribution in [-0.2, 0) is 4.74 Å². The van der Waals surface area contributed by atoms with Gasteiger partial charge in [0.2, 0.25) is 0 Å². The van der Waals surface area contributed by atoms with Crippen LogP contribution in [0.3, 0.4) is 0 Å². The summed E-state index contributed by atoms with van der Waals surface area (Å²) in [5.41, 5.74) is 0. The summed E-state index contributed by atoms with van der Waals surface area (Å²) in [5.74, 6) is 0. The molecule has 1 rings (SSSR count). The SMILES string of the molecule is OC[C@@H](F)[C@H]1OC(O)[C@H](O)[C@H]1O. The smallest absolute Gasteiger partial charge is 0.184 e. The van der Waals surface area contributed by atoms with Crippen LogP contribution in [0.2, 0.25) is 0 Å². The number of aliphatic hydroxyl groups excluding tert-OH is 4. The molecule has 0 amide bonds. The number of rotatable bonds is 2. The van der Waals surface area contributed by atoms with Crippen molar-refractivity contribution in [3.8, 4) is 0 Å². The van der Waals surface area contributed by atoms with Gasteiger partial charge in [0.25, 0.3) is 0 Å². The number of hydrogen-bond donors (Lipinski definition) is 4. The Hall–Kier alpha value is -0.270. The zero-order valence-electron chi connectivity index (χ0n) is 6.17. The van der Waals surface area contributed by atoms with Crippen LogP contribution < -0.4 is 0 Å². The molecule has 0 bridgehead atoms. The Morgan fingerprint density at radius 2 is 1.83 bits per heavy atom. The van der Waals surface area contributed by atoms with Gasteiger partial charge in [0, 0.05) is 0 Å². The van der Waals surface area contributed by atoms with Gasteiger partial charge < -0.3 is 25.2 Å². The van der Waals surface area contributed by atoms with E-state index < -0.39 is 37.4 Å². The van der Waals surface area contributed by atoms with E-state index in [4.69, 9.17) is 20.4 Å². The van der Waals surface area contributed by atoms with Crippen LogP contribution in [0.1, 0.15) is 0 Å². The zero-order valence-corrected chi connectivity index (χ0v) is 6.17. The van der Waals surface area contributed by atoms with Gasteiger partial charge in [-0.1, -0.05) is 0 Å². The summed E-state index contributed by atoms with van der Waals surface area (Å²) in [4.78, 5) is 0. The minimum atomic E-state index is -1.80. The highest BCUT2D eigenvalue weighted by Crippen LogP contribution is 2.23. The number of alkyl halides is 1. The van der Waals surface area contributed by atoms with Gasteiger partial charge in [0.1, 0.15) is 18.3 Å². The van der Waals surface area contributed by atoms with E-state index in [1.54, 1.807) is 0 Å². The van der Waals surface area contributed by atoms with Crippen molar-refractivity contribution in [1.29, 1.82) is 0 Å². The molecule has 1 saturated heterocycles. The fourth-order valence-electron chi connectivity index (χ4n) is 1.09. The molecule has 0 spiro atoms. The molecule has 12 heavy (non-hydrogen) atoms. The van der Waals surface area contributed by atoms with Crippen molar-refractivity contribution >= 4 is 0 Å². The fraction of sp³-hybridized carbons (Fsp3) is 1.00. The largest absolute Gasteiger partial charge is 0.393 e. The molecule has 0 aliphatic carbocycles. The lowest BCUT2D eigenvalue weighted by Gasteiger charge is -2.16. The molecule has 1 unspecified atom stereocenters.